The predicted octanol–water partition coefficient (Wildman–Crippen LogP) is 14.8. The lowest BCUT2D eigenvalue weighted by Crippen LogP contribution is -2.01. The minimum Gasteiger partial charge on any atom is -0.309 e. The Morgan fingerprint density at radius 1 is 0.262 bits per heavy atom. The quantitative estimate of drug-likeness (QED) is 0.158. The maximum absolute atomic E-state index is 5.27. The molecule has 0 radical (unpaired) electrons. The Kier molecular flexibility index (Phi) is 8.13. The Bertz CT molecular complexity index is 3560. The average Bonchev–Trinajstić information content (AvgIpc) is 3.68. The van der Waals surface area contributed by atoms with Gasteiger partial charge in [-0.25, -0.2) is 15.0 Å². The summed E-state index contributed by atoms with van der Waals surface area (Å²) in [5.41, 5.74) is 11.0. The molecule has 0 saturated carbocycles. The fraction of sp³-hybridized carbons (Fsp3) is 0. The second kappa shape index (κ2) is 14.3. The van der Waals surface area contributed by atoms with Gasteiger partial charge in [-0.15, -0.1) is 0 Å². The molecule has 4 nitrogen and oxygen atoms in total. The van der Waals surface area contributed by atoms with E-state index in [1.807, 2.05) is 36.4 Å². The number of hydrogen-bond acceptors (Lipinski definition) is 3. The van der Waals surface area contributed by atoms with Crippen LogP contribution in [-0.2, 0) is 0 Å². The van der Waals surface area contributed by atoms with Gasteiger partial charge in [0.1, 0.15) is 0 Å². The van der Waals surface area contributed by atoms with E-state index in [0.29, 0.717) is 17.5 Å². The first-order valence-electron chi connectivity index (χ1n) is 20.7. The lowest BCUT2D eigenvalue weighted by molar-refractivity contribution is 1.08. The molecule has 12 rings (SSSR count). The molecule has 61 heavy (non-hydrogen) atoms. The standard InChI is InChI=1S/C57H36N4/c1-4-16-39(17-5-1)55-58-56(40-18-6-2-7-19-40)60-57(59-55)51-36-42(35-50-46-24-11-10-22-44(46)45-23-12-13-26-48(45)54(50)51)38-30-28-37(29-31-38)41-32-33-53-49(34-41)47-25-14-15-27-52(47)61(53)43-20-8-3-9-21-43/h1-36H. The van der Waals surface area contributed by atoms with Gasteiger partial charge in [-0.1, -0.05) is 176 Å². The Hall–Kier alpha value is -8.21. The van der Waals surface area contributed by atoms with Crippen molar-refractivity contribution in [2.24, 2.45) is 0 Å². The van der Waals surface area contributed by atoms with Crippen LogP contribution in [0.4, 0.5) is 0 Å². The zero-order chi connectivity index (χ0) is 40.3. The van der Waals surface area contributed by atoms with E-state index in [-0.39, 0.29) is 0 Å². The van der Waals surface area contributed by atoms with Gasteiger partial charge in [-0.3, -0.25) is 0 Å². The van der Waals surface area contributed by atoms with E-state index in [4.69, 9.17) is 15.0 Å². The molecule has 0 bridgehead atoms. The number of hydrogen-bond donors (Lipinski definition) is 0. The number of rotatable bonds is 6. The summed E-state index contributed by atoms with van der Waals surface area (Å²) >= 11 is 0. The fourth-order valence-electron chi connectivity index (χ4n) is 9.17. The Morgan fingerprint density at radius 3 is 1.34 bits per heavy atom. The Labute approximate surface area is 352 Å². The van der Waals surface area contributed by atoms with Crippen LogP contribution in [0.3, 0.4) is 0 Å². The molecule has 0 aliphatic rings. The molecule has 2 heterocycles. The van der Waals surface area contributed by atoms with Crippen molar-refractivity contribution < 1.29 is 0 Å². The van der Waals surface area contributed by atoms with Gasteiger partial charge in [0, 0.05) is 38.5 Å². The molecule has 0 N–H and O–H groups in total. The highest BCUT2D eigenvalue weighted by molar-refractivity contribution is 6.29. The van der Waals surface area contributed by atoms with Crippen molar-refractivity contribution in [2.45, 2.75) is 0 Å². The van der Waals surface area contributed by atoms with Gasteiger partial charge >= 0.3 is 0 Å². The van der Waals surface area contributed by atoms with Crippen LogP contribution in [0.5, 0.6) is 0 Å². The maximum atomic E-state index is 5.27. The van der Waals surface area contributed by atoms with E-state index in [2.05, 4.69) is 187 Å². The summed E-state index contributed by atoms with van der Waals surface area (Å²) in [6.07, 6.45) is 0. The first kappa shape index (κ1) is 34.8. The average molecular weight is 777 g/mol. The Morgan fingerprint density at radius 2 is 0.705 bits per heavy atom. The zero-order valence-corrected chi connectivity index (χ0v) is 33.1. The summed E-state index contributed by atoms with van der Waals surface area (Å²) < 4.78 is 2.36. The van der Waals surface area contributed by atoms with Crippen LogP contribution >= 0.6 is 0 Å². The summed E-state index contributed by atoms with van der Waals surface area (Å²) in [5.74, 6) is 1.92. The largest absolute Gasteiger partial charge is 0.309 e. The molecule has 284 valence electrons. The molecule has 0 aliphatic heterocycles. The summed E-state index contributed by atoms with van der Waals surface area (Å²) in [7, 11) is 0. The molecule has 0 unspecified atom stereocenters. The van der Waals surface area contributed by atoms with Gasteiger partial charge < -0.3 is 4.57 Å². The highest BCUT2D eigenvalue weighted by Gasteiger charge is 2.20. The van der Waals surface area contributed by atoms with Crippen molar-refractivity contribution in [3.05, 3.63) is 218 Å². The van der Waals surface area contributed by atoms with Gasteiger partial charge in [0.25, 0.3) is 0 Å². The molecule has 0 amide bonds. The third kappa shape index (κ3) is 5.88. The second-order valence-electron chi connectivity index (χ2n) is 15.6. The lowest BCUT2D eigenvalue weighted by atomic mass is 9.88. The van der Waals surface area contributed by atoms with Crippen LogP contribution in [0.1, 0.15) is 0 Å². The number of aromatic nitrogens is 4. The summed E-state index contributed by atoms with van der Waals surface area (Å²) in [4.78, 5) is 15.6. The number of para-hydroxylation sites is 2. The third-order valence-electron chi connectivity index (χ3n) is 12.0. The molecule has 10 aromatic carbocycles. The molecule has 0 saturated heterocycles. The third-order valence-corrected chi connectivity index (χ3v) is 12.0. The van der Waals surface area contributed by atoms with E-state index in [0.717, 1.165) is 49.8 Å². The minimum atomic E-state index is 0.638. The molecular formula is C57H36N4. The minimum absolute atomic E-state index is 0.638. The summed E-state index contributed by atoms with van der Waals surface area (Å²) in [6.45, 7) is 0. The van der Waals surface area contributed by atoms with E-state index in [9.17, 15) is 0 Å². The molecular weight excluding hydrogens is 741 g/mol. The van der Waals surface area contributed by atoms with Crippen LogP contribution in [0, 0.1) is 0 Å². The summed E-state index contributed by atoms with van der Waals surface area (Å²) in [5, 5.41) is 9.55. The maximum Gasteiger partial charge on any atom is 0.164 e. The topological polar surface area (TPSA) is 43.6 Å². The highest BCUT2D eigenvalue weighted by atomic mass is 15.0. The van der Waals surface area contributed by atoms with E-state index in [1.165, 1.54) is 48.9 Å². The van der Waals surface area contributed by atoms with Crippen LogP contribution in [0.25, 0.3) is 116 Å². The summed E-state index contributed by atoms with van der Waals surface area (Å²) in [6, 6.07) is 77.6. The monoisotopic (exact) mass is 776 g/mol. The van der Waals surface area contributed by atoms with Crippen LogP contribution in [0.15, 0.2) is 218 Å². The predicted molar refractivity (Wildman–Crippen MR) is 254 cm³/mol. The van der Waals surface area contributed by atoms with Crippen LogP contribution < -0.4 is 0 Å². The first-order valence-corrected chi connectivity index (χ1v) is 20.7. The SMILES string of the molecule is c1ccc(-c2nc(-c3ccccc3)nc(-c3cc(-c4ccc(-c5ccc6c(c5)c5ccccc5n6-c5ccccc5)cc4)cc4c5ccccc5c5ccccc5c34)n2)cc1. The van der Waals surface area contributed by atoms with Crippen molar-refractivity contribution in [2.75, 3.05) is 0 Å². The van der Waals surface area contributed by atoms with E-state index in [1.54, 1.807) is 0 Å². The fourth-order valence-corrected chi connectivity index (χ4v) is 9.17. The number of nitrogens with zero attached hydrogens (tertiary/aromatic N) is 4. The van der Waals surface area contributed by atoms with Crippen molar-refractivity contribution >= 4 is 54.1 Å². The zero-order valence-electron chi connectivity index (χ0n) is 33.1. The van der Waals surface area contributed by atoms with Crippen molar-refractivity contribution in [1.82, 2.24) is 19.5 Å². The Balaban J connectivity index is 1.06. The van der Waals surface area contributed by atoms with Crippen molar-refractivity contribution in [3.8, 4) is 62.1 Å². The molecule has 12 aromatic rings. The van der Waals surface area contributed by atoms with Gasteiger partial charge in [-0.05, 0) is 91.6 Å². The number of benzene rings is 10. The molecule has 4 heteroatoms. The van der Waals surface area contributed by atoms with Crippen LogP contribution in [0.2, 0.25) is 0 Å². The molecule has 0 fully saturated rings. The molecule has 0 aliphatic carbocycles. The van der Waals surface area contributed by atoms with Crippen molar-refractivity contribution in [1.29, 1.82) is 0 Å². The molecule has 0 spiro atoms. The smallest absolute Gasteiger partial charge is 0.164 e. The van der Waals surface area contributed by atoms with E-state index >= 15 is 0 Å². The van der Waals surface area contributed by atoms with E-state index < -0.39 is 0 Å². The van der Waals surface area contributed by atoms with Gasteiger partial charge in [0.05, 0.1) is 11.0 Å². The molecule has 0 atom stereocenters. The van der Waals surface area contributed by atoms with Gasteiger partial charge in [0.2, 0.25) is 0 Å². The number of fused-ring (bicyclic) bond motifs is 9. The van der Waals surface area contributed by atoms with Gasteiger partial charge in [0.15, 0.2) is 17.5 Å². The van der Waals surface area contributed by atoms with Crippen LogP contribution in [-0.4, -0.2) is 19.5 Å². The van der Waals surface area contributed by atoms with Gasteiger partial charge in [-0.2, -0.15) is 0 Å². The second-order valence-corrected chi connectivity index (χ2v) is 15.6. The first-order chi connectivity index (χ1) is 30.2. The van der Waals surface area contributed by atoms with Crippen molar-refractivity contribution in [3.63, 3.8) is 0 Å². The lowest BCUT2D eigenvalue weighted by Gasteiger charge is -2.17. The highest BCUT2D eigenvalue weighted by Crippen LogP contribution is 2.43. The molecule has 2 aromatic heterocycles. The normalized spacial score (nSPS) is 11.6.